The molecular weight excluding hydrogens is 182 g/mol. The Morgan fingerprint density at radius 1 is 1.33 bits per heavy atom. The van der Waals surface area contributed by atoms with Gasteiger partial charge in [0.15, 0.2) is 0 Å². The van der Waals surface area contributed by atoms with Crippen LogP contribution in [0.2, 0.25) is 0 Å². The van der Waals surface area contributed by atoms with Crippen molar-refractivity contribution in [2.45, 2.75) is 66.8 Å². The fraction of sp³-hybridized carbons (Fsp3) is 1.00. The molecular formula is C14H29N. The lowest BCUT2D eigenvalue weighted by atomic mass is 9.87. The summed E-state index contributed by atoms with van der Waals surface area (Å²) in [5, 5.41) is 3.67. The Labute approximate surface area is 96.0 Å². The fourth-order valence-electron chi connectivity index (χ4n) is 2.49. The Hall–Kier alpha value is -0.0400. The first-order valence-electron chi connectivity index (χ1n) is 6.49. The fourth-order valence-corrected chi connectivity index (χ4v) is 2.49. The number of nitrogens with one attached hydrogen (secondary N) is 1. The van der Waals surface area contributed by atoms with E-state index in [0.717, 1.165) is 18.5 Å². The molecule has 15 heavy (non-hydrogen) atoms. The molecule has 1 heteroatoms. The van der Waals surface area contributed by atoms with Crippen molar-refractivity contribution in [3.05, 3.63) is 0 Å². The summed E-state index contributed by atoms with van der Waals surface area (Å²) in [5.41, 5.74) is 1.08. The third-order valence-corrected chi connectivity index (χ3v) is 3.75. The van der Waals surface area contributed by atoms with E-state index < -0.39 is 0 Å². The third kappa shape index (κ3) is 4.14. The van der Waals surface area contributed by atoms with Crippen molar-refractivity contribution in [3.63, 3.8) is 0 Å². The zero-order chi connectivity index (χ0) is 11.7. The Balaban J connectivity index is 2.39. The molecule has 0 aromatic carbocycles. The maximum absolute atomic E-state index is 3.67. The summed E-state index contributed by atoms with van der Waals surface area (Å²) in [6.07, 6.45) is 4.08. The standard InChI is InChI=1S/C14H29N/c1-7-15-12(8-9-13(2,3)4)11-10-14(11,5)6/h11-12,15H,7-10H2,1-6H3. The van der Waals surface area contributed by atoms with Gasteiger partial charge in [-0.15, -0.1) is 0 Å². The molecule has 2 atom stereocenters. The van der Waals surface area contributed by atoms with Gasteiger partial charge in [0.25, 0.3) is 0 Å². The van der Waals surface area contributed by atoms with Crippen LogP contribution in [0.25, 0.3) is 0 Å². The SMILES string of the molecule is CCNC(CCC(C)(C)C)C1CC1(C)C. The Kier molecular flexibility index (Phi) is 3.86. The largest absolute Gasteiger partial charge is 0.314 e. The van der Waals surface area contributed by atoms with E-state index >= 15 is 0 Å². The molecule has 0 aromatic heterocycles. The van der Waals surface area contributed by atoms with Gasteiger partial charge in [0.05, 0.1) is 0 Å². The molecule has 0 aliphatic heterocycles. The van der Waals surface area contributed by atoms with Crippen molar-refractivity contribution in [1.29, 1.82) is 0 Å². The van der Waals surface area contributed by atoms with Crippen molar-refractivity contribution >= 4 is 0 Å². The third-order valence-electron chi connectivity index (χ3n) is 3.75. The zero-order valence-corrected chi connectivity index (χ0v) is 11.5. The van der Waals surface area contributed by atoms with Crippen molar-refractivity contribution in [1.82, 2.24) is 5.32 Å². The van der Waals surface area contributed by atoms with Crippen molar-refractivity contribution < 1.29 is 0 Å². The van der Waals surface area contributed by atoms with Crippen molar-refractivity contribution in [2.75, 3.05) is 6.54 Å². The molecule has 1 saturated carbocycles. The van der Waals surface area contributed by atoms with E-state index in [1.807, 2.05) is 0 Å². The number of hydrogen-bond donors (Lipinski definition) is 1. The van der Waals surface area contributed by atoms with Crippen LogP contribution in [0, 0.1) is 16.7 Å². The lowest BCUT2D eigenvalue weighted by molar-refractivity contribution is 0.304. The van der Waals surface area contributed by atoms with Crippen LogP contribution >= 0.6 is 0 Å². The lowest BCUT2D eigenvalue weighted by Crippen LogP contribution is -2.33. The monoisotopic (exact) mass is 211 g/mol. The highest BCUT2D eigenvalue weighted by Crippen LogP contribution is 2.54. The van der Waals surface area contributed by atoms with Gasteiger partial charge in [0.2, 0.25) is 0 Å². The van der Waals surface area contributed by atoms with Crippen LogP contribution in [0.5, 0.6) is 0 Å². The molecule has 1 rings (SSSR count). The van der Waals surface area contributed by atoms with E-state index in [1.54, 1.807) is 0 Å². The highest BCUT2D eigenvalue weighted by molar-refractivity contribution is 5.01. The molecule has 0 heterocycles. The first kappa shape index (κ1) is 13.0. The van der Waals surface area contributed by atoms with E-state index in [9.17, 15) is 0 Å². The molecule has 1 fully saturated rings. The highest BCUT2D eigenvalue weighted by Gasteiger charge is 2.49. The van der Waals surface area contributed by atoms with Gasteiger partial charge in [-0.2, -0.15) is 0 Å². The van der Waals surface area contributed by atoms with Gasteiger partial charge in [-0.25, -0.2) is 0 Å². The molecule has 0 saturated heterocycles. The van der Waals surface area contributed by atoms with E-state index in [0.29, 0.717) is 10.8 Å². The van der Waals surface area contributed by atoms with E-state index in [2.05, 4.69) is 46.9 Å². The van der Waals surface area contributed by atoms with Gasteiger partial charge < -0.3 is 5.32 Å². The summed E-state index contributed by atoms with van der Waals surface area (Å²) in [4.78, 5) is 0. The predicted molar refractivity (Wildman–Crippen MR) is 68.0 cm³/mol. The minimum atomic E-state index is 0.479. The molecule has 1 N–H and O–H groups in total. The maximum atomic E-state index is 3.67. The second kappa shape index (κ2) is 4.45. The summed E-state index contributed by atoms with van der Waals surface area (Å²) >= 11 is 0. The molecule has 1 nitrogen and oxygen atoms in total. The number of rotatable bonds is 5. The van der Waals surface area contributed by atoms with Crippen molar-refractivity contribution in [3.8, 4) is 0 Å². The second-order valence-electron chi connectivity index (χ2n) is 7.06. The first-order valence-corrected chi connectivity index (χ1v) is 6.49. The molecule has 90 valence electrons. The minimum Gasteiger partial charge on any atom is -0.314 e. The topological polar surface area (TPSA) is 12.0 Å². The van der Waals surface area contributed by atoms with Crippen LogP contribution < -0.4 is 5.32 Å². The van der Waals surface area contributed by atoms with Gasteiger partial charge in [0.1, 0.15) is 0 Å². The number of hydrogen-bond acceptors (Lipinski definition) is 1. The zero-order valence-electron chi connectivity index (χ0n) is 11.5. The average Bonchev–Trinajstić information content (AvgIpc) is 2.67. The van der Waals surface area contributed by atoms with Crippen LogP contribution in [-0.2, 0) is 0 Å². The smallest absolute Gasteiger partial charge is 0.0101 e. The lowest BCUT2D eigenvalue weighted by Gasteiger charge is -2.25. The molecule has 1 aliphatic rings. The normalized spacial score (nSPS) is 26.4. The molecule has 0 bridgehead atoms. The van der Waals surface area contributed by atoms with E-state index in [4.69, 9.17) is 0 Å². The van der Waals surface area contributed by atoms with Crippen LogP contribution in [0.3, 0.4) is 0 Å². The minimum absolute atomic E-state index is 0.479. The summed E-state index contributed by atoms with van der Waals surface area (Å²) < 4.78 is 0. The maximum Gasteiger partial charge on any atom is 0.0101 e. The van der Waals surface area contributed by atoms with Crippen LogP contribution in [-0.4, -0.2) is 12.6 Å². The molecule has 0 spiro atoms. The molecule has 0 radical (unpaired) electrons. The average molecular weight is 211 g/mol. The molecule has 1 aliphatic carbocycles. The predicted octanol–water partition coefficient (Wildman–Crippen LogP) is 3.84. The Bertz CT molecular complexity index is 200. The summed E-state index contributed by atoms with van der Waals surface area (Å²) in [6, 6.07) is 0.754. The van der Waals surface area contributed by atoms with Gasteiger partial charge in [-0.3, -0.25) is 0 Å². The van der Waals surface area contributed by atoms with Crippen LogP contribution in [0.15, 0.2) is 0 Å². The Morgan fingerprint density at radius 3 is 2.20 bits per heavy atom. The summed E-state index contributed by atoms with van der Waals surface area (Å²) in [5.74, 6) is 0.916. The second-order valence-corrected chi connectivity index (χ2v) is 7.06. The van der Waals surface area contributed by atoms with Crippen LogP contribution in [0.4, 0.5) is 0 Å². The quantitative estimate of drug-likeness (QED) is 0.728. The van der Waals surface area contributed by atoms with Gasteiger partial charge in [-0.1, -0.05) is 41.5 Å². The highest BCUT2D eigenvalue weighted by atomic mass is 14.9. The van der Waals surface area contributed by atoms with Gasteiger partial charge >= 0.3 is 0 Å². The van der Waals surface area contributed by atoms with Crippen molar-refractivity contribution in [2.24, 2.45) is 16.7 Å². The Morgan fingerprint density at radius 2 is 1.87 bits per heavy atom. The van der Waals surface area contributed by atoms with Gasteiger partial charge in [-0.05, 0) is 42.6 Å². The summed E-state index contributed by atoms with van der Waals surface area (Å²) in [6.45, 7) is 15.2. The molecule has 0 aromatic rings. The van der Waals surface area contributed by atoms with E-state index in [1.165, 1.54) is 19.3 Å². The molecule has 2 unspecified atom stereocenters. The molecule has 0 amide bonds. The van der Waals surface area contributed by atoms with Gasteiger partial charge in [0, 0.05) is 6.04 Å². The van der Waals surface area contributed by atoms with Crippen LogP contribution in [0.1, 0.15) is 60.8 Å². The summed E-state index contributed by atoms with van der Waals surface area (Å²) in [7, 11) is 0. The first-order chi connectivity index (χ1) is 6.76. The van der Waals surface area contributed by atoms with E-state index in [-0.39, 0.29) is 0 Å².